The summed E-state index contributed by atoms with van der Waals surface area (Å²) in [5.41, 5.74) is 3.53. The summed E-state index contributed by atoms with van der Waals surface area (Å²) < 4.78 is 0. The molecule has 0 heterocycles. The second-order valence-electron chi connectivity index (χ2n) is 9.30. The van der Waals surface area contributed by atoms with E-state index in [1.54, 1.807) is 12.1 Å². The lowest BCUT2D eigenvalue weighted by molar-refractivity contribution is -0.306. The maximum absolute atomic E-state index is 12.7. The maximum atomic E-state index is 12.7. The van der Waals surface area contributed by atoms with Gasteiger partial charge in [-0.2, -0.15) is 0 Å². The van der Waals surface area contributed by atoms with Crippen LogP contribution in [0.25, 0.3) is 0 Å². The topological polar surface area (TPSA) is 69.2 Å². The van der Waals surface area contributed by atoms with Gasteiger partial charge in [0.1, 0.15) is 0 Å². The van der Waals surface area contributed by atoms with Gasteiger partial charge in [0, 0.05) is 18.0 Å². The lowest BCUT2D eigenvalue weighted by Gasteiger charge is -2.23. The van der Waals surface area contributed by atoms with E-state index in [4.69, 9.17) is 0 Å². The normalized spacial score (nSPS) is 13.1. The van der Waals surface area contributed by atoms with Gasteiger partial charge in [-0.15, -0.1) is 0 Å². The number of carbonyl (C=O) groups is 2. The van der Waals surface area contributed by atoms with Crippen LogP contribution in [0.5, 0.6) is 0 Å². The number of aliphatic carboxylic acids is 1. The van der Waals surface area contributed by atoms with Gasteiger partial charge in [-0.1, -0.05) is 77.9 Å². The molecule has 0 aliphatic heterocycles. The molecule has 0 radical (unpaired) electrons. The molecule has 0 spiro atoms. The molecule has 150 valence electrons. The fourth-order valence-electron chi connectivity index (χ4n) is 3.00. The Kier molecular flexibility index (Phi) is 6.33. The molecule has 4 nitrogen and oxygen atoms in total. The largest absolute Gasteiger partial charge is 0.550 e. The van der Waals surface area contributed by atoms with Crippen molar-refractivity contribution in [2.24, 2.45) is 0 Å². The zero-order valence-electron chi connectivity index (χ0n) is 17.6. The number of hydrogen-bond donors (Lipinski definition) is 1. The highest BCUT2D eigenvalue weighted by Gasteiger charge is 2.19. The van der Waals surface area contributed by atoms with Crippen LogP contribution in [0.15, 0.2) is 48.5 Å². The summed E-state index contributed by atoms with van der Waals surface area (Å²) in [6.45, 7) is 12.7. The van der Waals surface area contributed by atoms with Crippen LogP contribution in [0.4, 0.5) is 0 Å². The van der Waals surface area contributed by atoms with E-state index in [1.165, 1.54) is 0 Å². The first-order valence-electron chi connectivity index (χ1n) is 9.59. The molecule has 0 aromatic heterocycles. The number of amides is 1. The summed E-state index contributed by atoms with van der Waals surface area (Å²) in [5, 5.41) is 14.1. The number of carboxylic acid groups (broad SMARTS) is 1. The fraction of sp³-hybridized carbons (Fsp3) is 0.417. The van der Waals surface area contributed by atoms with Crippen LogP contribution in [0.3, 0.4) is 0 Å². The smallest absolute Gasteiger partial charge is 0.251 e. The first-order chi connectivity index (χ1) is 12.9. The van der Waals surface area contributed by atoms with Gasteiger partial charge < -0.3 is 15.2 Å². The predicted molar refractivity (Wildman–Crippen MR) is 110 cm³/mol. The van der Waals surface area contributed by atoms with E-state index in [1.807, 2.05) is 36.4 Å². The molecule has 0 unspecified atom stereocenters. The molecule has 4 heteroatoms. The molecule has 1 amide bonds. The lowest BCUT2D eigenvalue weighted by Crippen LogP contribution is -2.34. The standard InChI is InChI=1S/C24H31NO3/c1-23(2,3)18-11-7-16(8-12-18)20(15-21(26)27)25-22(28)17-9-13-19(14-10-17)24(4,5)6/h7-14,20H,15H2,1-6H3,(H,25,28)(H,26,27)/p-1/t20-/m1/s1. The van der Waals surface area contributed by atoms with Gasteiger partial charge in [0.15, 0.2) is 0 Å². The van der Waals surface area contributed by atoms with Crippen molar-refractivity contribution in [3.05, 3.63) is 70.8 Å². The van der Waals surface area contributed by atoms with Crippen LogP contribution >= 0.6 is 0 Å². The molecular formula is C24H30NO3-. The van der Waals surface area contributed by atoms with E-state index >= 15 is 0 Å². The summed E-state index contributed by atoms with van der Waals surface area (Å²) in [4.78, 5) is 23.9. The lowest BCUT2D eigenvalue weighted by atomic mass is 9.86. The van der Waals surface area contributed by atoms with Crippen LogP contribution in [-0.2, 0) is 15.6 Å². The van der Waals surface area contributed by atoms with E-state index in [0.717, 1.165) is 16.7 Å². The van der Waals surface area contributed by atoms with E-state index in [0.29, 0.717) is 5.56 Å². The average Bonchev–Trinajstić information content (AvgIpc) is 2.59. The van der Waals surface area contributed by atoms with Gasteiger partial charge in [-0.05, 0) is 39.7 Å². The molecule has 28 heavy (non-hydrogen) atoms. The summed E-state index contributed by atoms with van der Waals surface area (Å²) in [6.07, 6.45) is -0.277. The third kappa shape index (κ3) is 5.69. The average molecular weight is 381 g/mol. The third-order valence-electron chi connectivity index (χ3n) is 4.87. The zero-order valence-corrected chi connectivity index (χ0v) is 17.6. The Morgan fingerprint density at radius 1 is 0.821 bits per heavy atom. The summed E-state index contributed by atoms with van der Waals surface area (Å²) in [6, 6.07) is 14.5. The number of nitrogens with one attached hydrogen (secondary N) is 1. The summed E-state index contributed by atoms with van der Waals surface area (Å²) in [5.74, 6) is -1.50. The van der Waals surface area contributed by atoms with Crippen molar-refractivity contribution in [3.63, 3.8) is 0 Å². The van der Waals surface area contributed by atoms with Crippen LogP contribution in [0.2, 0.25) is 0 Å². The number of carbonyl (C=O) groups excluding carboxylic acids is 2. The summed E-state index contributed by atoms with van der Waals surface area (Å²) in [7, 11) is 0. The van der Waals surface area contributed by atoms with Crippen LogP contribution in [0.1, 0.15) is 81.1 Å². The minimum atomic E-state index is -1.20. The van der Waals surface area contributed by atoms with Crippen molar-refractivity contribution in [1.29, 1.82) is 0 Å². The molecule has 1 atom stereocenters. The highest BCUT2D eigenvalue weighted by Crippen LogP contribution is 2.26. The number of benzene rings is 2. The molecule has 2 rings (SSSR count). The molecule has 0 saturated carbocycles. The molecular weight excluding hydrogens is 350 g/mol. The second kappa shape index (κ2) is 8.17. The Labute approximate surface area is 168 Å². The van der Waals surface area contributed by atoms with E-state index < -0.39 is 12.0 Å². The number of carboxylic acids is 1. The van der Waals surface area contributed by atoms with Gasteiger partial charge in [-0.3, -0.25) is 4.79 Å². The molecule has 2 aromatic rings. The first kappa shape index (κ1) is 21.7. The van der Waals surface area contributed by atoms with Crippen molar-refractivity contribution < 1.29 is 14.7 Å². The van der Waals surface area contributed by atoms with Gasteiger partial charge in [0.05, 0.1) is 6.04 Å². The highest BCUT2D eigenvalue weighted by atomic mass is 16.4. The van der Waals surface area contributed by atoms with E-state index in [-0.39, 0.29) is 23.2 Å². The molecule has 1 N–H and O–H groups in total. The predicted octanol–water partition coefficient (Wildman–Crippen LogP) is 3.89. The van der Waals surface area contributed by atoms with Crippen molar-refractivity contribution in [3.8, 4) is 0 Å². The van der Waals surface area contributed by atoms with Crippen molar-refractivity contribution in [1.82, 2.24) is 5.32 Å². The third-order valence-corrected chi connectivity index (χ3v) is 4.87. The Bertz CT molecular complexity index is 822. The molecule has 2 aromatic carbocycles. The molecule has 0 aliphatic carbocycles. The highest BCUT2D eigenvalue weighted by molar-refractivity contribution is 5.94. The molecule has 0 bridgehead atoms. The molecule has 0 saturated heterocycles. The van der Waals surface area contributed by atoms with Crippen molar-refractivity contribution >= 4 is 11.9 Å². The maximum Gasteiger partial charge on any atom is 0.251 e. The van der Waals surface area contributed by atoms with Crippen LogP contribution < -0.4 is 10.4 Å². The van der Waals surface area contributed by atoms with E-state index in [9.17, 15) is 14.7 Å². The van der Waals surface area contributed by atoms with Crippen molar-refractivity contribution in [2.75, 3.05) is 0 Å². The fourth-order valence-corrected chi connectivity index (χ4v) is 3.00. The quantitative estimate of drug-likeness (QED) is 0.855. The van der Waals surface area contributed by atoms with Gasteiger partial charge in [-0.25, -0.2) is 0 Å². The molecule has 0 aliphatic rings. The van der Waals surface area contributed by atoms with Crippen LogP contribution in [-0.4, -0.2) is 11.9 Å². The Morgan fingerprint density at radius 3 is 1.64 bits per heavy atom. The van der Waals surface area contributed by atoms with Gasteiger partial charge in [0.2, 0.25) is 0 Å². The minimum Gasteiger partial charge on any atom is -0.550 e. The van der Waals surface area contributed by atoms with Crippen molar-refractivity contribution in [2.45, 2.75) is 64.8 Å². The van der Waals surface area contributed by atoms with Gasteiger partial charge in [0.25, 0.3) is 5.91 Å². The first-order valence-corrected chi connectivity index (χ1v) is 9.59. The van der Waals surface area contributed by atoms with Gasteiger partial charge >= 0.3 is 0 Å². The Hall–Kier alpha value is -2.62. The SMILES string of the molecule is CC(C)(C)c1ccc(C(=O)N[C@H](CC(=O)[O-])c2ccc(C(C)(C)C)cc2)cc1. The molecule has 0 fully saturated rings. The second-order valence-corrected chi connectivity index (χ2v) is 9.30. The zero-order chi connectivity index (χ0) is 21.1. The Morgan fingerprint density at radius 2 is 1.25 bits per heavy atom. The number of hydrogen-bond acceptors (Lipinski definition) is 3. The number of rotatable bonds is 5. The van der Waals surface area contributed by atoms with Crippen LogP contribution in [0, 0.1) is 0 Å². The minimum absolute atomic E-state index is 0.000425. The summed E-state index contributed by atoms with van der Waals surface area (Å²) >= 11 is 0. The Balaban J connectivity index is 2.22. The van der Waals surface area contributed by atoms with E-state index in [2.05, 4.69) is 46.9 Å². The monoisotopic (exact) mass is 380 g/mol.